The lowest BCUT2D eigenvalue weighted by molar-refractivity contribution is -0.112. The number of fused-ring (bicyclic) bond motifs is 1. The van der Waals surface area contributed by atoms with Gasteiger partial charge >= 0.3 is 0 Å². The topological polar surface area (TPSA) is 62.1 Å². The molecular formula is C28H19BrCl2N2O2. The average Bonchev–Trinajstić information content (AvgIpc) is 2.84. The maximum atomic E-state index is 12.6. The lowest BCUT2D eigenvalue weighted by Gasteiger charge is -2.13. The van der Waals surface area contributed by atoms with E-state index in [1.807, 2.05) is 37.3 Å². The molecule has 4 aromatic carbocycles. The van der Waals surface area contributed by atoms with Gasteiger partial charge in [0.1, 0.15) is 18.2 Å². The van der Waals surface area contributed by atoms with Gasteiger partial charge in [-0.25, -0.2) is 0 Å². The Morgan fingerprint density at radius 1 is 1.06 bits per heavy atom. The number of halogens is 3. The minimum Gasteiger partial charge on any atom is -0.486 e. The van der Waals surface area contributed by atoms with Crippen LogP contribution in [0.3, 0.4) is 0 Å². The highest BCUT2D eigenvalue weighted by Crippen LogP contribution is 2.36. The summed E-state index contributed by atoms with van der Waals surface area (Å²) in [6.07, 6.45) is 1.47. The van der Waals surface area contributed by atoms with Gasteiger partial charge in [-0.2, -0.15) is 5.26 Å². The summed E-state index contributed by atoms with van der Waals surface area (Å²) in [6, 6.07) is 24.7. The summed E-state index contributed by atoms with van der Waals surface area (Å²) in [6.45, 7) is 2.20. The zero-order chi connectivity index (χ0) is 24.9. The zero-order valence-corrected chi connectivity index (χ0v) is 21.7. The Morgan fingerprint density at radius 3 is 2.57 bits per heavy atom. The van der Waals surface area contributed by atoms with E-state index in [-0.39, 0.29) is 5.57 Å². The van der Waals surface area contributed by atoms with Crippen LogP contribution >= 0.6 is 39.1 Å². The molecule has 0 radical (unpaired) electrons. The largest absolute Gasteiger partial charge is 0.486 e. The second kappa shape index (κ2) is 11.0. The number of hydrogen-bond donors (Lipinski definition) is 1. The van der Waals surface area contributed by atoms with Crippen LogP contribution in [-0.2, 0) is 11.4 Å². The fourth-order valence-corrected chi connectivity index (χ4v) is 4.72. The highest BCUT2D eigenvalue weighted by Gasteiger charge is 2.14. The number of anilines is 1. The smallest absolute Gasteiger partial charge is 0.266 e. The Bertz CT molecular complexity index is 1480. The molecular weight excluding hydrogens is 547 g/mol. The van der Waals surface area contributed by atoms with Gasteiger partial charge < -0.3 is 10.1 Å². The summed E-state index contributed by atoms with van der Waals surface area (Å²) in [5.74, 6) is -0.0649. The van der Waals surface area contributed by atoms with Gasteiger partial charge in [0.15, 0.2) is 5.75 Å². The molecule has 1 N–H and O–H groups in total. The molecule has 35 heavy (non-hydrogen) atoms. The molecule has 174 valence electrons. The van der Waals surface area contributed by atoms with E-state index < -0.39 is 5.91 Å². The van der Waals surface area contributed by atoms with Gasteiger partial charge in [0.05, 0.1) is 9.50 Å². The van der Waals surface area contributed by atoms with E-state index in [4.69, 9.17) is 27.9 Å². The van der Waals surface area contributed by atoms with Crippen molar-refractivity contribution in [2.45, 2.75) is 13.5 Å². The van der Waals surface area contributed by atoms with Crippen molar-refractivity contribution in [2.24, 2.45) is 0 Å². The molecule has 0 aliphatic heterocycles. The lowest BCUT2D eigenvalue weighted by atomic mass is 10.1. The first-order chi connectivity index (χ1) is 16.9. The number of aryl methyl sites for hydroxylation is 1. The van der Waals surface area contributed by atoms with Crippen LogP contribution < -0.4 is 10.1 Å². The number of rotatable bonds is 6. The number of carbonyl (C=O) groups is 1. The van der Waals surface area contributed by atoms with Crippen LogP contribution in [0.5, 0.6) is 5.75 Å². The minimum absolute atomic E-state index is 0.0749. The fourth-order valence-electron chi connectivity index (χ4n) is 3.55. The number of ether oxygens (including phenoxy) is 1. The number of nitrogens with zero attached hydrogens (tertiary/aromatic N) is 1. The third kappa shape index (κ3) is 5.86. The van der Waals surface area contributed by atoms with Crippen molar-refractivity contribution >= 4 is 67.6 Å². The van der Waals surface area contributed by atoms with Crippen molar-refractivity contribution in [2.75, 3.05) is 5.32 Å². The maximum Gasteiger partial charge on any atom is 0.266 e. The predicted octanol–water partition coefficient (Wildman–Crippen LogP) is 8.34. The molecule has 0 saturated carbocycles. The third-order valence-electron chi connectivity index (χ3n) is 5.38. The van der Waals surface area contributed by atoms with Gasteiger partial charge in [-0.05, 0) is 80.7 Å². The molecule has 0 spiro atoms. The molecule has 1 amide bonds. The molecule has 0 heterocycles. The van der Waals surface area contributed by atoms with Crippen LogP contribution in [0.15, 0.2) is 82.8 Å². The molecule has 0 bridgehead atoms. The van der Waals surface area contributed by atoms with Gasteiger partial charge in [-0.15, -0.1) is 0 Å². The maximum absolute atomic E-state index is 12.6. The highest BCUT2D eigenvalue weighted by molar-refractivity contribution is 9.10. The summed E-state index contributed by atoms with van der Waals surface area (Å²) >= 11 is 16.1. The fraction of sp³-hybridized carbons (Fsp3) is 0.0714. The SMILES string of the molecule is Cc1ccc(NC(=O)/C(C#N)=C\c2cc(Cl)c(OCc3cccc4ccccc34)c(Br)c2)cc1Cl. The number of benzene rings is 4. The van der Waals surface area contributed by atoms with Crippen molar-refractivity contribution in [3.8, 4) is 11.8 Å². The normalized spacial score (nSPS) is 11.2. The van der Waals surface area contributed by atoms with Crippen LogP contribution in [0.2, 0.25) is 10.0 Å². The summed E-state index contributed by atoms with van der Waals surface area (Å²) in [4.78, 5) is 12.6. The summed E-state index contributed by atoms with van der Waals surface area (Å²) in [7, 11) is 0. The number of nitrogens with one attached hydrogen (secondary N) is 1. The van der Waals surface area contributed by atoms with Crippen LogP contribution in [0, 0.1) is 18.3 Å². The van der Waals surface area contributed by atoms with Crippen LogP contribution in [0.1, 0.15) is 16.7 Å². The monoisotopic (exact) mass is 564 g/mol. The first kappa shape index (κ1) is 24.8. The van der Waals surface area contributed by atoms with E-state index >= 15 is 0 Å². The molecule has 7 heteroatoms. The van der Waals surface area contributed by atoms with E-state index in [1.54, 1.807) is 30.3 Å². The summed E-state index contributed by atoms with van der Waals surface area (Å²) in [5, 5.41) is 15.4. The lowest BCUT2D eigenvalue weighted by Crippen LogP contribution is -2.13. The quantitative estimate of drug-likeness (QED) is 0.189. The zero-order valence-electron chi connectivity index (χ0n) is 18.6. The van der Waals surface area contributed by atoms with Crippen molar-refractivity contribution in [1.29, 1.82) is 5.26 Å². The van der Waals surface area contributed by atoms with E-state index in [9.17, 15) is 10.1 Å². The van der Waals surface area contributed by atoms with Crippen molar-refractivity contribution in [3.05, 3.63) is 110 Å². The third-order valence-corrected chi connectivity index (χ3v) is 6.66. The molecule has 0 aromatic heterocycles. The van der Waals surface area contributed by atoms with E-state index in [0.29, 0.717) is 38.1 Å². The van der Waals surface area contributed by atoms with Crippen LogP contribution in [0.4, 0.5) is 5.69 Å². The van der Waals surface area contributed by atoms with Crippen molar-refractivity contribution in [1.82, 2.24) is 0 Å². The van der Waals surface area contributed by atoms with Crippen LogP contribution in [0.25, 0.3) is 16.8 Å². The Kier molecular flexibility index (Phi) is 7.77. The van der Waals surface area contributed by atoms with E-state index in [0.717, 1.165) is 21.9 Å². The highest BCUT2D eigenvalue weighted by atomic mass is 79.9. The van der Waals surface area contributed by atoms with Gasteiger partial charge in [0.25, 0.3) is 5.91 Å². The second-order valence-electron chi connectivity index (χ2n) is 7.83. The molecule has 0 saturated heterocycles. The number of nitriles is 1. The van der Waals surface area contributed by atoms with E-state index in [2.05, 4.69) is 39.4 Å². The van der Waals surface area contributed by atoms with Crippen molar-refractivity contribution in [3.63, 3.8) is 0 Å². The Balaban J connectivity index is 1.53. The van der Waals surface area contributed by atoms with Gasteiger partial charge in [0.2, 0.25) is 0 Å². The number of carbonyl (C=O) groups excluding carboxylic acids is 1. The molecule has 0 fully saturated rings. The van der Waals surface area contributed by atoms with Gasteiger partial charge in [-0.3, -0.25) is 4.79 Å². The minimum atomic E-state index is -0.545. The van der Waals surface area contributed by atoms with Gasteiger partial charge in [0, 0.05) is 10.7 Å². The molecule has 0 unspecified atom stereocenters. The number of hydrogen-bond acceptors (Lipinski definition) is 3. The second-order valence-corrected chi connectivity index (χ2v) is 9.50. The molecule has 4 nitrogen and oxygen atoms in total. The summed E-state index contributed by atoms with van der Waals surface area (Å²) < 4.78 is 6.65. The van der Waals surface area contributed by atoms with Crippen molar-refractivity contribution < 1.29 is 9.53 Å². The molecule has 0 aliphatic carbocycles. The van der Waals surface area contributed by atoms with Gasteiger partial charge in [-0.1, -0.05) is 71.7 Å². The molecule has 4 aromatic rings. The first-order valence-corrected chi connectivity index (χ1v) is 12.2. The van der Waals surface area contributed by atoms with E-state index in [1.165, 1.54) is 6.08 Å². The number of amides is 1. The molecule has 0 aliphatic rings. The first-order valence-electron chi connectivity index (χ1n) is 10.6. The molecule has 0 atom stereocenters. The average molecular weight is 566 g/mol. The Hall–Kier alpha value is -3.30. The summed E-state index contributed by atoms with van der Waals surface area (Å²) in [5.41, 5.74) is 2.93. The Labute approximate surface area is 221 Å². The standard InChI is InChI=1S/C28H19BrCl2N2O2/c1-17-9-10-22(14-25(17)30)33-28(34)21(15-32)11-18-12-24(29)27(26(31)13-18)35-16-20-7-4-6-19-5-2-3-8-23(19)20/h2-14H,16H2,1H3,(H,33,34)/b21-11-. The molecule has 4 rings (SSSR count). The Morgan fingerprint density at radius 2 is 1.83 bits per heavy atom. The van der Waals surface area contributed by atoms with Crippen LogP contribution in [-0.4, -0.2) is 5.91 Å². The predicted molar refractivity (Wildman–Crippen MR) is 146 cm³/mol.